The van der Waals surface area contributed by atoms with Gasteiger partial charge in [0.25, 0.3) is 0 Å². The van der Waals surface area contributed by atoms with Gasteiger partial charge in [0.2, 0.25) is 5.91 Å². The molecule has 62 heavy (non-hydrogen) atoms. The van der Waals surface area contributed by atoms with Gasteiger partial charge in [0.05, 0.1) is 18.8 Å². The molecule has 0 aliphatic rings. The van der Waals surface area contributed by atoms with Crippen LogP contribution < -0.4 is 5.32 Å². The van der Waals surface area contributed by atoms with Gasteiger partial charge >= 0.3 is 0 Å². The summed E-state index contributed by atoms with van der Waals surface area (Å²) in [7, 11) is 0. The van der Waals surface area contributed by atoms with Crippen molar-refractivity contribution >= 4 is 5.91 Å². The van der Waals surface area contributed by atoms with E-state index in [0.29, 0.717) is 12.8 Å². The van der Waals surface area contributed by atoms with Crippen molar-refractivity contribution in [2.45, 2.75) is 309 Å². The van der Waals surface area contributed by atoms with Gasteiger partial charge < -0.3 is 15.5 Å². The molecule has 0 fully saturated rings. The van der Waals surface area contributed by atoms with Gasteiger partial charge in [-0.25, -0.2) is 0 Å². The second kappa shape index (κ2) is 53.7. The van der Waals surface area contributed by atoms with Gasteiger partial charge in [0.15, 0.2) is 0 Å². The van der Waals surface area contributed by atoms with E-state index in [0.717, 1.165) is 51.4 Å². The van der Waals surface area contributed by atoms with E-state index < -0.39 is 12.1 Å². The van der Waals surface area contributed by atoms with E-state index in [2.05, 4.69) is 67.8 Å². The fourth-order valence-electron chi connectivity index (χ4n) is 8.65. The lowest BCUT2D eigenvalue weighted by Gasteiger charge is -2.22. The number of hydrogen-bond donors (Lipinski definition) is 3. The maximum absolute atomic E-state index is 12.5. The van der Waals surface area contributed by atoms with Gasteiger partial charge in [-0.2, -0.15) is 0 Å². The normalized spacial score (nSPS) is 13.2. The first kappa shape index (κ1) is 60.4. The lowest BCUT2D eigenvalue weighted by molar-refractivity contribution is -0.123. The number of hydrogen-bond acceptors (Lipinski definition) is 3. The number of aliphatic hydroxyl groups is 2. The number of carbonyl (C=O) groups is 1. The monoisotopic (exact) mass is 868 g/mol. The molecule has 0 heterocycles. The average molecular weight is 869 g/mol. The Kier molecular flexibility index (Phi) is 52.3. The zero-order valence-corrected chi connectivity index (χ0v) is 41.9. The van der Waals surface area contributed by atoms with Gasteiger partial charge in [-0.15, -0.1) is 0 Å². The summed E-state index contributed by atoms with van der Waals surface area (Å²) in [5.41, 5.74) is 0. The second-order valence-corrected chi connectivity index (χ2v) is 19.0. The van der Waals surface area contributed by atoms with Crippen LogP contribution in [0.5, 0.6) is 0 Å². The van der Waals surface area contributed by atoms with Crippen LogP contribution in [-0.2, 0) is 4.79 Å². The molecule has 0 bridgehead atoms. The molecule has 0 aliphatic heterocycles. The molecule has 0 spiro atoms. The molecule has 0 aliphatic carbocycles. The summed E-state index contributed by atoms with van der Waals surface area (Å²) in [5, 5.41) is 23.3. The van der Waals surface area contributed by atoms with Crippen molar-refractivity contribution in [2.75, 3.05) is 6.61 Å². The molecule has 0 saturated heterocycles. The molecular weight excluding hydrogens is 759 g/mol. The summed E-state index contributed by atoms with van der Waals surface area (Å²) in [6.07, 6.45) is 73.8. The van der Waals surface area contributed by atoms with E-state index in [9.17, 15) is 15.0 Å². The van der Waals surface area contributed by atoms with Crippen LogP contribution in [0.3, 0.4) is 0 Å². The average Bonchev–Trinajstić information content (AvgIpc) is 3.28. The topological polar surface area (TPSA) is 69.6 Å². The highest BCUT2D eigenvalue weighted by Gasteiger charge is 2.20. The van der Waals surface area contributed by atoms with E-state index >= 15 is 0 Å². The zero-order chi connectivity index (χ0) is 44.9. The van der Waals surface area contributed by atoms with Crippen LogP contribution >= 0.6 is 0 Å². The Morgan fingerprint density at radius 3 is 1.06 bits per heavy atom. The highest BCUT2D eigenvalue weighted by molar-refractivity contribution is 5.76. The highest BCUT2D eigenvalue weighted by Crippen LogP contribution is 2.17. The second-order valence-electron chi connectivity index (χ2n) is 19.0. The Hall–Kier alpha value is -1.65. The third-order valence-corrected chi connectivity index (χ3v) is 12.9. The van der Waals surface area contributed by atoms with Crippen molar-refractivity contribution in [1.82, 2.24) is 5.32 Å². The minimum absolute atomic E-state index is 0.0270. The maximum atomic E-state index is 12.5. The SMILES string of the molecule is CC/C=C\C/C=C\C/C=C\C/C=C\CCCCCCCCCCCCCCCCCCCCCCC(=O)NC(CO)C(O)CCCCCCCCCCCCCCCCCCC. The summed E-state index contributed by atoms with van der Waals surface area (Å²) >= 11 is 0. The summed E-state index contributed by atoms with van der Waals surface area (Å²) in [6, 6.07) is -0.535. The molecule has 4 heteroatoms. The number of nitrogens with one attached hydrogen (secondary N) is 1. The Balaban J connectivity index is 3.42. The fourth-order valence-corrected chi connectivity index (χ4v) is 8.65. The van der Waals surface area contributed by atoms with Crippen molar-refractivity contribution in [3.63, 3.8) is 0 Å². The van der Waals surface area contributed by atoms with Crippen LogP contribution in [0.25, 0.3) is 0 Å². The third kappa shape index (κ3) is 49.4. The van der Waals surface area contributed by atoms with E-state index in [1.807, 2.05) is 0 Å². The molecule has 0 aromatic carbocycles. The van der Waals surface area contributed by atoms with E-state index in [1.54, 1.807) is 0 Å². The number of aliphatic hydroxyl groups excluding tert-OH is 2. The number of rotatable bonds is 51. The predicted octanol–water partition coefficient (Wildman–Crippen LogP) is 18.3. The van der Waals surface area contributed by atoms with E-state index in [-0.39, 0.29) is 12.5 Å². The Morgan fingerprint density at radius 1 is 0.403 bits per heavy atom. The summed E-state index contributed by atoms with van der Waals surface area (Å²) in [5.74, 6) is -0.0270. The molecule has 3 N–H and O–H groups in total. The number of amides is 1. The number of unbranched alkanes of at least 4 members (excludes halogenated alkanes) is 36. The molecule has 4 nitrogen and oxygen atoms in total. The zero-order valence-electron chi connectivity index (χ0n) is 41.9. The van der Waals surface area contributed by atoms with Crippen molar-refractivity contribution in [3.8, 4) is 0 Å². The molecule has 364 valence electrons. The summed E-state index contributed by atoms with van der Waals surface area (Å²) in [4.78, 5) is 12.5. The van der Waals surface area contributed by atoms with Crippen molar-refractivity contribution in [3.05, 3.63) is 48.6 Å². The largest absolute Gasteiger partial charge is 0.394 e. The standard InChI is InChI=1S/C58H109NO3/c1-3-5-7-9-11-13-15-17-19-21-22-23-24-25-26-27-28-29-30-31-32-33-34-35-36-38-40-42-44-46-48-50-52-54-58(62)59-56(55-60)57(61)53-51-49-47-45-43-41-39-37-20-18-16-14-12-10-8-6-4-2/h5,7,11,13,17,19,22-23,56-57,60-61H,3-4,6,8-10,12,14-16,18,20-21,24-55H2,1-2H3,(H,59,62)/b7-5-,13-11-,19-17-,23-22-. The van der Waals surface area contributed by atoms with E-state index in [1.165, 1.54) is 218 Å². The van der Waals surface area contributed by atoms with Gasteiger partial charge in [0.1, 0.15) is 0 Å². The molecule has 0 aromatic heterocycles. The van der Waals surface area contributed by atoms with Crippen LogP contribution in [0.15, 0.2) is 48.6 Å². The lowest BCUT2D eigenvalue weighted by atomic mass is 10.0. The van der Waals surface area contributed by atoms with E-state index in [4.69, 9.17) is 0 Å². The highest BCUT2D eigenvalue weighted by atomic mass is 16.3. The van der Waals surface area contributed by atoms with Crippen LogP contribution in [0, 0.1) is 0 Å². The quantitative estimate of drug-likeness (QED) is 0.0421. The summed E-state index contributed by atoms with van der Waals surface area (Å²) in [6.45, 7) is 4.27. The summed E-state index contributed by atoms with van der Waals surface area (Å²) < 4.78 is 0. The first-order valence-electron chi connectivity index (χ1n) is 27.8. The Morgan fingerprint density at radius 2 is 0.710 bits per heavy atom. The number of carbonyl (C=O) groups excluding carboxylic acids is 1. The van der Waals surface area contributed by atoms with Crippen LogP contribution in [0.4, 0.5) is 0 Å². The van der Waals surface area contributed by atoms with Gasteiger partial charge in [-0.05, 0) is 51.4 Å². The van der Waals surface area contributed by atoms with Gasteiger partial charge in [0, 0.05) is 6.42 Å². The lowest BCUT2D eigenvalue weighted by Crippen LogP contribution is -2.45. The molecular formula is C58H109NO3. The minimum atomic E-state index is -0.658. The predicted molar refractivity (Wildman–Crippen MR) is 276 cm³/mol. The first-order chi connectivity index (χ1) is 30.7. The van der Waals surface area contributed by atoms with Crippen molar-refractivity contribution < 1.29 is 15.0 Å². The minimum Gasteiger partial charge on any atom is -0.394 e. The van der Waals surface area contributed by atoms with Crippen LogP contribution in [0.2, 0.25) is 0 Å². The fraction of sp³-hybridized carbons (Fsp3) is 0.845. The van der Waals surface area contributed by atoms with Gasteiger partial charge in [-0.1, -0.05) is 287 Å². The van der Waals surface area contributed by atoms with Gasteiger partial charge in [-0.3, -0.25) is 4.79 Å². The Bertz CT molecular complexity index is 985. The van der Waals surface area contributed by atoms with Crippen molar-refractivity contribution in [1.29, 1.82) is 0 Å². The van der Waals surface area contributed by atoms with Crippen LogP contribution in [-0.4, -0.2) is 34.9 Å². The Labute approximate surface area is 388 Å². The third-order valence-electron chi connectivity index (χ3n) is 12.9. The maximum Gasteiger partial charge on any atom is 0.220 e. The van der Waals surface area contributed by atoms with Crippen molar-refractivity contribution in [2.24, 2.45) is 0 Å². The molecule has 2 unspecified atom stereocenters. The molecule has 0 aromatic rings. The molecule has 0 rings (SSSR count). The first-order valence-corrected chi connectivity index (χ1v) is 27.8. The molecule has 1 amide bonds. The molecule has 0 radical (unpaired) electrons. The molecule has 2 atom stereocenters. The van der Waals surface area contributed by atoms with Crippen LogP contribution in [0.1, 0.15) is 296 Å². The smallest absolute Gasteiger partial charge is 0.220 e. The number of allylic oxidation sites excluding steroid dienone is 8. The molecule has 0 saturated carbocycles.